The first kappa shape index (κ1) is 11.5. The average Bonchev–Trinajstić information content (AvgIpc) is 2.92. The van der Waals surface area contributed by atoms with E-state index in [0.717, 1.165) is 29.0 Å². The second-order valence-electron chi connectivity index (χ2n) is 4.30. The summed E-state index contributed by atoms with van der Waals surface area (Å²) in [7, 11) is 0. The Morgan fingerprint density at radius 2 is 2.47 bits per heavy atom. The molecule has 1 aliphatic carbocycles. The predicted octanol–water partition coefficient (Wildman–Crippen LogP) is 2.16. The summed E-state index contributed by atoms with van der Waals surface area (Å²) < 4.78 is 0.887. The van der Waals surface area contributed by atoms with Crippen LogP contribution >= 0.6 is 27.3 Å². The number of nitrogens with zero attached hydrogens (tertiary/aromatic N) is 1. The lowest BCUT2D eigenvalue weighted by molar-refractivity contribution is 0.0367. The van der Waals surface area contributed by atoms with Crippen LogP contribution in [0.1, 0.15) is 24.8 Å². The first-order valence-corrected chi connectivity index (χ1v) is 6.78. The summed E-state index contributed by atoms with van der Waals surface area (Å²) in [5.41, 5.74) is -0.547. The largest absolute Gasteiger partial charge is 0.389 e. The molecule has 84 valence electrons. The molecule has 1 unspecified atom stereocenters. The lowest BCUT2D eigenvalue weighted by atomic mass is 10.0. The van der Waals surface area contributed by atoms with Gasteiger partial charge in [-0.2, -0.15) is 0 Å². The fourth-order valence-electron chi connectivity index (χ4n) is 1.64. The van der Waals surface area contributed by atoms with E-state index >= 15 is 0 Å². The second kappa shape index (κ2) is 4.49. The van der Waals surface area contributed by atoms with Crippen molar-refractivity contribution in [1.29, 1.82) is 0 Å². The van der Waals surface area contributed by atoms with Crippen molar-refractivity contribution in [3.63, 3.8) is 0 Å². The van der Waals surface area contributed by atoms with E-state index in [9.17, 15) is 5.11 Å². The molecule has 1 atom stereocenters. The zero-order chi connectivity index (χ0) is 10.9. The molecule has 2 rings (SSSR count). The van der Waals surface area contributed by atoms with Crippen molar-refractivity contribution in [2.24, 2.45) is 5.92 Å². The molecule has 0 spiro atoms. The van der Waals surface area contributed by atoms with Gasteiger partial charge in [-0.1, -0.05) is 0 Å². The summed E-state index contributed by atoms with van der Waals surface area (Å²) >= 11 is 4.94. The van der Waals surface area contributed by atoms with Gasteiger partial charge in [0.25, 0.3) is 0 Å². The quantitative estimate of drug-likeness (QED) is 0.874. The summed E-state index contributed by atoms with van der Waals surface area (Å²) in [5, 5.41) is 16.3. The van der Waals surface area contributed by atoms with Gasteiger partial charge in [0, 0.05) is 18.5 Å². The topological polar surface area (TPSA) is 45.1 Å². The normalized spacial score (nSPS) is 20.2. The number of hydrogen-bond acceptors (Lipinski definition) is 4. The van der Waals surface area contributed by atoms with Crippen molar-refractivity contribution in [3.8, 4) is 0 Å². The van der Waals surface area contributed by atoms with Crippen LogP contribution in [0.5, 0.6) is 0 Å². The lowest BCUT2D eigenvalue weighted by Crippen LogP contribution is -2.39. The van der Waals surface area contributed by atoms with Crippen LogP contribution in [0, 0.1) is 5.92 Å². The van der Waals surface area contributed by atoms with Crippen molar-refractivity contribution in [1.82, 2.24) is 10.3 Å². The first-order valence-electron chi connectivity index (χ1n) is 5.11. The minimum Gasteiger partial charge on any atom is -0.389 e. The number of halogens is 1. The molecular weight excluding hydrogens is 276 g/mol. The third-order valence-electron chi connectivity index (χ3n) is 2.74. The fraction of sp³-hybridized carbons (Fsp3) is 0.700. The van der Waals surface area contributed by atoms with E-state index in [1.807, 2.05) is 12.3 Å². The van der Waals surface area contributed by atoms with Crippen LogP contribution in [0.15, 0.2) is 9.98 Å². The van der Waals surface area contributed by atoms with Gasteiger partial charge in [0.05, 0.1) is 5.60 Å². The van der Waals surface area contributed by atoms with Crippen LogP contribution < -0.4 is 5.32 Å². The number of hydrogen-bond donors (Lipinski definition) is 2. The highest BCUT2D eigenvalue weighted by molar-refractivity contribution is 9.10. The molecule has 2 N–H and O–H groups in total. The summed E-state index contributed by atoms with van der Waals surface area (Å²) in [6.07, 6.45) is 2.33. The van der Waals surface area contributed by atoms with Crippen molar-refractivity contribution in [3.05, 3.63) is 15.0 Å². The number of thiazole rings is 1. The molecule has 0 amide bonds. The third kappa shape index (κ3) is 3.24. The van der Waals surface area contributed by atoms with Crippen LogP contribution in [0.2, 0.25) is 0 Å². The van der Waals surface area contributed by atoms with Crippen molar-refractivity contribution >= 4 is 27.3 Å². The predicted molar refractivity (Wildman–Crippen MR) is 64.9 cm³/mol. The molecule has 1 saturated carbocycles. The molecule has 0 bridgehead atoms. The fourth-order valence-corrected chi connectivity index (χ4v) is 2.88. The van der Waals surface area contributed by atoms with E-state index in [-0.39, 0.29) is 0 Å². The number of aromatic nitrogens is 1. The van der Waals surface area contributed by atoms with Crippen molar-refractivity contribution < 1.29 is 5.11 Å². The zero-order valence-corrected chi connectivity index (χ0v) is 11.1. The molecule has 5 heteroatoms. The highest BCUT2D eigenvalue weighted by atomic mass is 79.9. The Balaban J connectivity index is 1.74. The summed E-state index contributed by atoms with van der Waals surface area (Å²) in [4.78, 5) is 4.28. The zero-order valence-electron chi connectivity index (χ0n) is 8.66. The van der Waals surface area contributed by atoms with Crippen LogP contribution in [0.4, 0.5) is 0 Å². The van der Waals surface area contributed by atoms with Gasteiger partial charge in [0.2, 0.25) is 0 Å². The molecule has 1 aliphatic rings. The van der Waals surface area contributed by atoms with Crippen LogP contribution in [-0.4, -0.2) is 22.2 Å². The lowest BCUT2D eigenvalue weighted by Gasteiger charge is -2.22. The SMILES string of the molecule is CC(O)(CNCc1nc(Br)cs1)C1CC1. The van der Waals surface area contributed by atoms with Crippen molar-refractivity contribution in [2.45, 2.75) is 31.9 Å². The van der Waals surface area contributed by atoms with Gasteiger partial charge < -0.3 is 10.4 Å². The van der Waals surface area contributed by atoms with Gasteiger partial charge in [0.1, 0.15) is 9.61 Å². The maximum absolute atomic E-state index is 10.0. The summed E-state index contributed by atoms with van der Waals surface area (Å²) in [6, 6.07) is 0. The standard InChI is InChI=1S/C10H15BrN2OS/c1-10(14,7-2-3-7)6-12-4-9-13-8(11)5-15-9/h5,7,12,14H,2-4,6H2,1H3. The van der Waals surface area contributed by atoms with Crippen LogP contribution in [0.25, 0.3) is 0 Å². The van der Waals surface area contributed by atoms with Crippen LogP contribution in [0.3, 0.4) is 0 Å². The molecule has 1 aromatic heterocycles. The van der Waals surface area contributed by atoms with Gasteiger partial charge in [-0.25, -0.2) is 4.98 Å². The van der Waals surface area contributed by atoms with Gasteiger partial charge in [-0.05, 0) is 41.6 Å². The molecule has 15 heavy (non-hydrogen) atoms. The van der Waals surface area contributed by atoms with Gasteiger partial charge in [-0.15, -0.1) is 11.3 Å². The average molecular weight is 291 g/mol. The minimum atomic E-state index is -0.547. The highest BCUT2D eigenvalue weighted by Gasteiger charge is 2.39. The Bertz CT molecular complexity index is 336. The van der Waals surface area contributed by atoms with Gasteiger partial charge >= 0.3 is 0 Å². The van der Waals surface area contributed by atoms with E-state index in [1.54, 1.807) is 11.3 Å². The Hall–Kier alpha value is 0.0300. The second-order valence-corrected chi connectivity index (χ2v) is 6.05. The summed E-state index contributed by atoms with van der Waals surface area (Å²) in [6.45, 7) is 3.30. The molecule has 0 saturated heterocycles. The first-order chi connectivity index (χ1) is 7.08. The van der Waals surface area contributed by atoms with E-state index in [2.05, 4.69) is 26.2 Å². The highest BCUT2D eigenvalue weighted by Crippen LogP contribution is 2.39. The van der Waals surface area contributed by atoms with Crippen molar-refractivity contribution in [2.75, 3.05) is 6.54 Å². The van der Waals surface area contributed by atoms with E-state index in [4.69, 9.17) is 0 Å². The van der Waals surface area contributed by atoms with Gasteiger partial charge in [-0.3, -0.25) is 0 Å². The summed E-state index contributed by atoms with van der Waals surface area (Å²) in [5.74, 6) is 0.494. The molecular formula is C10H15BrN2OS. The number of rotatable bonds is 5. The monoisotopic (exact) mass is 290 g/mol. The Labute approximate surface area is 102 Å². The van der Waals surface area contributed by atoms with E-state index in [0.29, 0.717) is 12.5 Å². The van der Waals surface area contributed by atoms with Crippen LogP contribution in [-0.2, 0) is 6.54 Å². The molecule has 0 aliphatic heterocycles. The number of aliphatic hydroxyl groups is 1. The van der Waals surface area contributed by atoms with E-state index < -0.39 is 5.60 Å². The van der Waals surface area contributed by atoms with E-state index in [1.165, 1.54) is 0 Å². The number of nitrogens with one attached hydrogen (secondary N) is 1. The minimum absolute atomic E-state index is 0.494. The molecule has 1 heterocycles. The Morgan fingerprint density at radius 3 is 3.00 bits per heavy atom. The smallest absolute Gasteiger partial charge is 0.117 e. The third-order valence-corrected chi connectivity index (χ3v) is 4.30. The Morgan fingerprint density at radius 1 is 1.73 bits per heavy atom. The molecule has 0 aromatic carbocycles. The maximum Gasteiger partial charge on any atom is 0.117 e. The Kier molecular flexibility index (Phi) is 3.45. The molecule has 0 radical (unpaired) electrons. The molecule has 1 fully saturated rings. The maximum atomic E-state index is 10.0. The molecule has 1 aromatic rings. The van der Waals surface area contributed by atoms with Gasteiger partial charge in [0.15, 0.2) is 0 Å². The molecule has 3 nitrogen and oxygen atoms in total.